The second-order valence-electron chi connectivity index (χ2n) is 6.32. The van der Waals surface area contributed by atoms with Gasteiger partial charge < -0.3 is 20.1 Å². The van der Waals surface area contributed by atoms with E-state index in [4.69, 9.17) is 20.2 Å². The molecule has 0 amide bonds. The Balaban J connectivity index is 1.67. The van der Waals surface area contributed by atoms with E-state index in [1.165, 1.54) is 0 Å². The third kappa shape index (κ3) is 2.85. The first-order valence-corrected chi connectivity index (χ1v) is 8.54. The van der Waals surface area contributed by atoms with Gasteiger partial charge in [0.05, 0.1) is 19.7 Å². The molecule has 1 fully saturated rings. The van der Waals surface area contributed by atoms with Crippen molar-refractivity contribution in [2.24, 2.45) is 0 Å². The molecule has 1 aliphatic rings. The van der Waals surface area contributed by atoms with Crippen molar-refractivity contribution in [2.45, 2.75) is 12.3 Å². The number of fused-ring (bicyclic) bond motifs is 1. The van der Waals surface area contributed by atoms with Crippen LogP contribution in [-0.2, 0) is 0 Å². The molecule has 0 bridgehead atoms. The number of aromatic nitrogens is 3. The molecule has 1 unspecified atom stereocenters. The number of methoxy groups -OCH3 is 2. The summed E-state index contributed by atoms with van der Waals surface area (Å²) in [6, 6.07) is 9.68. The van der Waals surface area contributed by atoms with Crippen molar-refractivity contribution in [3.8, 4) is 11.5 Å². The van der Waals surface area contributed by atoms with Crippen LogP contribution in [0.3, 0.4) is 0 Å². The molecule has 0 radical (unpaired) electrons. The zero-order valence-corrected chi connectivity index (χ0v) is 14.8. The summed E-state index contributed by atoms with van der Waals surface area (Å²) in [7, 11) is 3.20. The van der Waals surface area contributed by atoms with Gasteiger partial charge in [0.2, 0.25) is 5.95 Å². The summed E-state index contributed by atoms with van der Waals surface area (Å²) in [5.74, 6) is 2.69. The Morgan fingerprint density at radius 2 is 1.92 bits per heavy atom. The van der Waals surface area contributed by atoms with Gasteiger partial charge in [-0.05, 0) is 24.6 Å². The van der Waals surface area contributed by atoms with E-state index in [-0.39, 0.29) is 0 Å². The molecule has 1 atom stereocenters. The summed E-state index contributed by atoms with van der Waals surface area (Å²) in [4.78, 5) is 15.9. The molecule has 2 aromatic heterocycles. The number of pyridine rings is 1. The Morgan fingerprint density at radius 3 is 2.65 bits per heavy atom. The number of benzene rings is 1. The summed E-state index contributed by atoms with van der Waals surface area (Å²) >= 11 is 0. The van der Waals surface area contributed by atoms with Crippen LogP contribution in [0, 0.1) is 0 Å². The summed E-state index contributed by atoms with van der Waals surface area (Å²) in [5, 5.41) is 0.756. The van der Waals surface area contributed by atoms with Crippen LogP contribution in [0.1, 0.15) is 18.0 Å². The van der Waals surface area contributed by atoms with Gasteiger partial charge in [-0.1, -0.05) is 6.07 Å². The maximum absolute atomic E-state index is 6.20. The highest BCUT2D eigenvalue weighted by Crippen LogP contribution is 2.35. The number of hydrogen-bond acceptors (Lipinski definition) is 7. The number of anilines is 2. The normalized spacial score (nSPS) is 16.8. The van der Waals surface area contributed by atoms with Gasteiger partial charge in [0.15, 0.2) is 11.5 Å². The molecule has 0 aliphatic carbocycles. The van der Waals surface area contributed by atoms with Crippen LogP contribution in [0.25, 0.3) is 10.9 Å². The van der Waals surface area contributed by atoms with Crippen LogP contribution in [0.15, 0.2) is 36.5 Å². The van der Waals surface area contributed by atoms with Gasteiger partial charge in [-0.2, -0.15) is 4.98 Å². The Hall–Kier alpha value is -3.09. The van der Waals surface area contributed by atoms with Gasteiger partial charge in [0, 0.05) is 42.4 Å². The highest BCUT2D eigenvalue weighted by atomic mass is 16.5. The molecule has 134 valence electrons. The molecule has 7 nitrogen and oxygen atoms in total. The highest BCUT2D eigenvalue weighted by Gasteiger charge is 2.27. The van der Waals surface area contributed by atoms with Gasteiger partial charge in [-0.15, -0.1) is 0 Å². The third-order valence-corrected chi connectivity index (χ3v) is 4.80. The van der Waals surface area contributed by atoms with Crippen LogP contribution in [0.2, 0.25) is 0 Å². The molecule has 7 heteroatoms. The van der Waals surface area contributed by atoms with E-state index in [9.17, 15) is 0 Å². The van der Waals surface area contributed by atoms with Crippen molar-refractivity contribution >= 4 is 22.7 Å². The third-order valence-electron chi connectivity index (χ3n) is 4.80. The monoisotopic (exact) mass is 351 g/mol. The van der Waals surface area contributed by atoms with E-state index in [0.717, 1.165) is 36.1 Å². The lowest BCUT2D eigenvalue weighted by atomic mass is 10.0. The molecular weight excluding hydrogens is 330 g/mol. The maximum atomic E-state index is 6.20. The Morgan fingerprint density at radius 1 is 1.12 bits per heavy atom. The van der Waals surface area contributed by atoms with Gasteiger partial charge in [0.25, 0.3) is 0 Å². The van der Waals surface area contributed by atoms with Crippen molar-refractivity contribution in [1.29, 1.82) is 0 Å². The Labute approximate surface area is 151 Å². The van der Waals surface area contributed by atoms with E-state index in [1.54, 1.807) is 14.2 Å². The summed E-state index contributed by atoms with van der Waals surface area (Å²) in [6.45, 7) is 1.70. The second kappa shape index (κ2) is 6.67. The zero-order chi connectivity index (χ0) is 18.1. The van der Waals surface area contributed by atoms with Crippen LogP contribution in [0.5, 0.6) is 11.5 Å². The first kappa shape index (κ1) is 16.4. The first-order valence-electron chi connectivity index (χ1n) is 8.54. The molecule has 3 aromatic rings. The molecule has 0 saturated carbocycles. The van der Waals surface area contributed by atoms with E-state index in [0.29, 0.717) is 29.2 Å². The molecule has 26 heavy (non-hydrogen) atoms. The molecular formula is C19H21N5O2. The van der Waals surface area contributed by atoms with Gasteiger partial charge in [-0.3, -0.25) is 4.98 Å². The van der Waals surface area contributed by atoms with Gasteiger partial charge in [0.1, 0.15) is 5.82 Å². The lowest BCUT2D eigenvalue weighted by molar-refractivity contribution is 0.356. The van der Waals surface area contributed by atoms with Gasteiger partial charge in [-0.25, -0.2) is 4.98 Å². The molecule has 1 aliphatic heterocycles. The van der Waals surface area contributed by atoms with Crippen LogP contribution in [0.4, 0.5) is 11.8 Å². The number of hydrogen-bond donors (Lipinski definition) is 1. The van der Waals surface area contributed by atoms with Crippen molar-refractivity contribution in [2.75, 3.05) is 37.9 Å². The zero-order valence-electron chi connectivity index (χ0n) is 14.8. The molecule has 2 N–H and O–H groups in total. The molecule has 0 spiro atoms. The Kier molecular flexibility index (Phi) is 4.20. The molecule has 1 aromatic carbocycles. The van der Waals surface area contributed by atoms with E-state index in [2.05, 4.69) is 20.9 Å². The summed E-state index contributed by atoms with van der Waals surface area (Å²) in [6.07, 6.45) is 2.85. The average Bonchev–Trinajstić information content (AvgIpc) is 3.18. The largest absolute Gasteiger partial charge is 0.493 e. The summed E-state index contributed by atoms with van der Waals surface area (Å²) in [5.41, 5.74) is 8.05. The molecule has 4 rings (SSSR count). The fraction of sp³-hybridized carbons (Fsp3) is 0.316. The second-order valence-corrected chi connectivity index (χ2v) is 6.32. The quantitative estimate of drug-likeness (QED) is 0.773. The lowest BCUT2D eigenvalue weighted by Gasteiger charge is -2.18. The SMILES string of the molecule is COc1cc2nc(N3CCC(c4ccccn4)C3)nc(N)c2cc1OC. The predicted octanol–water partition coefficient (Wildman–Crippen LogP) is 2.62. The van der Waals surface area contributed by atoms with Crippen LogP contribution >= 0.6 is 0 Å². The van der Waals surface area contributed by atoms with Crippen molar-refractivity contribution in [1.82, 2.24) is 15.0 Å². The van der Waals surface area contributed by atoms with Crippen molar-refractivity contribution in [3.63, 3.8) is 0 Å². The summed E-state index contributed by atoms with van der Waals surface area (Å²) < 4.78 is 10.7. The minimum absolute atomic E-state index is 0.377. The van der Waals surface area contributed by atoms with E-state index < -0.39 is 0 Å². The Bertz CT molecular complexity index is 932. The highest BCUT2D eigenvalue weighted by molar-refractivity contribution is 5.91. The molecule has 1 saturated heterocycles. The number of nitrogen functional groups attached to an aromatic ring is 1. The maximum Gasteiger partial charge on any atom is 0.227 e. The fourth-order valence-electron chi connectivity index (χ4n) is 3.41. The van der Waals surface area contributed by atoms with E-state index in [1.807, 2.05) is 30.5 Å². The number of rotatable bonds is 4. The smallest absolute Gasteiger partial charge is 0.227 e. The topological polar surface area (TPSA) is 86.4 Å². The number of ether oxygens (including phenoxy) is 2. The van der Waals surface area contributed by atoms with Crippen molar-refractivity contribution < 1.29 is 9.47 Å². The number of nitrogens with two attached hydrogens (primary N) is 1. The lowest BCUT2D eigenvalue weighted by Crippen LogP contribution is -2.22. The van der Waals surface area contributed by atoms with Crippen molar-refractivity contribution in [3.05, 3.63) is 42.2 Å². The minimum Gasteiger partial charge on any atom is -0.493 e. The van der Waals surface area contributed by atoms with Gasteiger partial charge >= 0.3 is 0 Å². The van der Waals surface area contributed by atoms with Crippen LogP contribution < -0.4 is 20.1 Å². The minimum atomic E-state index is 0.377. The molecule has 3 heterocycles. The average molecular weight is 351 g/mol. The fourth-order valence-corrected chi connectivity index (χ4v) is 3.41. The standard InChI is InChI=1S/C19H21N5O2/c1-25-16-9-13-15(10-17(16)26-2)22-19(23-18(13)20)24-8-6-12(11-24)14-5-3-4-7-21-14/h3-5,7,9-10,12H,6,8,11H2,1-2H3,(H2,20,22,23). The van der Waals surface area contributed by atoms with Crippen LogP contribution in [-0.4, -0.2) is 42.3 Å². The predicted molar refractivity (Wildman–Crippen MR) is 101 cm³/mol. The first-order chi connectivity index (χ1) is 12.7. The van der Waals surface area contributed by atoms with E-state index >= 15 is 0 Å². The number of nitrogens with zero attached hydrogens (tertiary/aromatic N) is 4.